The Balaban J connectivity index is 1.52. The third kappa shape index (κ3) is 8.25. The van der Waals surface area contributed by atoms with E-state index in [2.05, 4.69) is 16.0 Å². The van der Waals surface area contributed by atoms with Gasteiger partial charge in [-0.15, -0.1) is 0 Å². The lowest BCUT2D eigenvalue weighted by Crippen LogP contribution is -2.62. The van der Waals surface area contributed by atoms with Crippen molar-refractivity contribution in [2.24, 2.45) is 0 Å². The number of nitrogens with one attached hydrogen (secondary N) is 3. The smallest absolute Gasteiger partial charge is 0.137 e. The van der Waals surface area contributed by atoms with Crippen molar-refractivity contribution >= 4 is 0 Å². The van der Waals surface area contributed by atoms with E-state index < -0.39 is 91.9 Å². The maximum absolute atomic E-state index is 10.3. The predicted molar refractivity (Wildman–Crippen MR) is 138 cm³/mol. The van der Waals surface area contributed by atoms with Crippen molar-refractivity contribution in [3.63, 3.8) is 0 Å². The zero-order chi connectivity index (χ0) is 29.7. The molecule has 3 rings (SSSR count). The highest BCUT2D eigenvalue weighted by molar-refractivity contribution is 4.92. The molecular formula is C24H48N4O12. The van der Waals surface area contributed by atoms with Crippen molar-refractivity contribution in [1.29, 1.82) is 0 Å². The van der Waals surface area contributed by atoms with E-state index in [4.69, 9.17) is 14.2 Å². The molecule has 16 heteroatoms. The van der Waals surface area contributed by atoms with Crippen molar-refractivity contribution in [2.75, 3.05) is 39.3 Å². The number of rotatable bonds is 12. The first-order valence-corrected chi connectivity index (χ1v) is 13.8. The molecule has 0 radical (unpaired) electrons. The van der Waals surface area contributed by atoms with Crippen LogP contribution in [0.3, 0.4) is 0 Å². The molecule has 0 aliphatic carbocycles. The molecule has 15 atom stereocenters. The van der Waals surface area contributed by atoms with Crippen LogP contribution in [-0.4, -0.2) is 182 Å². The largest absolute Gasteiger partial charge is 0.388 e. The summed E-state index contributed by atoms with van der Waals surface area (Å²) in [5.74, 6) is 0. The first-order valence-electron chi connectivity index (χ1n) is 13.8. The van der Waals surface area contributed by atoms with E-state index in [1.165, 1.54) is 0 Å². The van der Waals surface area contributed by atoms with Gasteiger partial charge in [0.25, 0.3) is 0 Å². The Bertz CT molecular complexity index is 666. The number of aliphatic hydroxyl groups excluding tert-OH is 9. The van der Waals surface area contributed by atoms with Crippen LogP contribution >= 0.6 is 0 Å². The second-order valence-electron chi connectivity index (χ2n) is 10.9. The lowest BCUT2D eigenvalue weighted by Gasteiger charge is -2.40. The predicted octanol–water partition coefficient (Wildman–Crippen LogP) is -6.46. The molecule has 40 heavy (non-hydrogen) atoms. The Morgan fingerprint density at radius 3 is 0.925 bits per heavy atom. The monoisotopic (exact) mass is 584 g/mol. The van der Waals surface area contributed by atoms with E-state index in [1.54, 1.807) is 20.8 Å². The molecule has 236 valence electrons. The van der Waals surface area contributed by atoms with Gasteiger partial charge in [-0.25, -0.2) is 0 Å². The van der Waals surface area contributed by atoms with Gasteiger partial charge in [-0.2, -0.15) is 0 Å². The molecule has 0 aromatic carbocycles. The molecule has 0 saturated carbocycles. The Kier molecular flexibility index (Phi) is 12.9. The lowest BCUT2D eigenvalue weighted by atomic mass is 9.99. The van der Waals surface area contributed by atoms with Gasteiger partial charge in [0, 0.05) is 39.3 Å². The van der Waals surface area contributed by atoms with Gasteiger partial charge in [-0.05, 0) is 20.8 Å². The van der Waals surface area contributed by atoms with Crippen molar-refractivity contribution < 1.29 is 60.2 Å². The van der Waals surface area contributed by atoms with Gasteiger partial charge in [-0.3, -0.25) is 20.9 Å². The number of aliphatic hydroxyl groups is 9. The van der Waals surface area contributed by atoms with Crippen LogP contribution in [-0.2, 0) is 14.2 Å². The standard InChI is InChI=1S/C24H48N4O12/c1-10-13(29)16(32)19(35)22(38-10)25-4-7-28(8-5-26-23-20(36)17(33)14(30)11(2)39-23)9-6-27-24-21(37)18(34)15(31)12(3)40-24/h10-27,29-37H,4-9H2,1-3H3/t10-,11-,12-,13-,14-,15-,16+,17+,18+,19+,20+,21+,22-,23-,24-/m0/s1. The summed E-state index contributed by atoms with van der Waals surface area (Å²) in [4.78, 5) is 1.99. The van der Waals surface area contributed by atoms with E-state index in [1.807, 2.05) is 4.90 Å². The molecule has 0 bridgehead atoms. The molecular weight excluding hydrogens is 536 g/mol. The second-order valence-corrected chi connectivity index (χ2v) is 10.9. The first-order chi connectivity index (χ1) is 18.8. The van der Waals surface area contributed by atoms with Crippen LogP contribution in [0.5, 0.6) is 0 Å². The molecule has 16 nitrogen and oxygen atoms in total. The minimum Gasteiger partial charge on any atom is -0.388 e. The summed E-state index contributed by atoms with van der Waals surface area (Å²) >= 11 is 0. The summed E-state index contributed by atoms with van der Waals surface area (Å²) in [7, 11) is 0. The van der Waals surface area contributed by atoms with Gasteiger partial charge in [0.05, 0.1) is 18.3 Å². The Labute approximate surface area is 233 Å². The molecule has 12 N–H and O–H groups in total. The zero-order valence-electron chi connectivity index (χ0n) is 23.1. The van der Waals surface area contributed by atoms with Gasteiger partial charge >= 0.3 is 0 Å². The molecule has 0 unspecified atom stereocenters. The zero-order valence-corrected chi connectivity index (χ0v) is 23.1. The summed E-state index contributed by atoms with van der Waals surface area (Å²) in [5.41, 5.74) is 0. The van der Waals surface area contributed by atoms with Crippen LogP contribution in [0, 0.1) is 0 Å². The molecule has 3 saturated heterocycles. The minimum absolute atomic E-state index is 0.326. The Morgan fingerprint density at radius 2 is 0.675 bits per heavy atom. The highest BCUT2D eigenvalue weighted by atomic mass is 16.6. The molecule has 0 aromatic rings. The van der Waals surface area contributed by atoms with Gasteiger partial charge in [0.2, 0.25) is 0 Å². The fourth-order valence-electron chi connectivity index (χ4n) is 5.09. The maximum Gasteiger partial charge on any atom is 0.137 e. The summed E-state index contributed by atoms with van der Waals surface area (Å²) in [5, 5.41) is 99.7. The quantitative estimate of drug-likeness (QED) is 0.102. The first kappa shape index (κ1) is 33.9. The molecule has 3 fully saturated rings. The van der Waals surface area contributed by atoms with Crippen LogP contribution in [0.1, 0.15) is 20.8 Å². The third-order valence-corrected chi connectivity index (χ3v) is 7.88. The Morgan fingerprint density at radius 1 is 0.425 bits per heavy atom. The molecule has 0 aromatic heterocycles. The van der Waals surface area contributed by atoms with E-state index in [0.717, 1.165) is 0 Å². The highest BCUT2D eigenvalue weighted by Gasteiger charge is 2.43. The van der Waals surface area contributed by atoms with Crippen LogP contribution in [0.25, 0.3) is 0 Å². The van der Waals surface area contributed by atoms with Gasteiger partial charge < -0.3 is 60.2 Å². The summed E-state index contributed by atoms with van der Waals surface area (Å²) in [6, 6.07) is 0. The van der Waals surface area contributed by atoms with Crippen LogP contribution in [0.4, 0.5) is 0 Å². The van der Waals surface area contributed by atoms with Gasteiger partial charge in [-0.1, -0.05) is 0 Å². The minimum atomic E-state index is -1.36. The SMILES string of the molecule is C[C@@H]1O[C@H](NCCN(CCN[C@H]2O[C@@H](C)[C@H](O)[C@@H](O)[C@H]2O)CCN[C@H]2O[C@@H](C)[C@H](O)[C@@H](O)[C@H]2O)[C@H](O)[C@H](O)[C@H]1O. The topological polar surface area (TPSA) is 249 Å². The van der Waals surface area contributed by atoms with E-state index >= 15 is 0 Å². The summed E-state index contributed by atoms with van der Waals surface area (Å²) < 4.78 is 16.7. The third-order valence-electron chi connectivity index (χ3n) is 7.88. The Hall–Kier alpha value is -0.640. The van der Waals surface area contributed by atoms with Gasteiger partial charge in [0.1, 0.15) is 73.6 Å². The fraction of sp³-hybridized carbons (Fsp3) is 1.00. The molecule has 3 aliphatic rings. The van der Waals surface area contributed by atoms with E-state index in [9.17, 15) is 46.0 Å². The van der Waals surface area contributed by atoms with Crippen molar-refractivity contribution in [3.05, 3.63) is 0 Å². The van der Waals surface area contributed by atoms with Crippen molar-refractivity contribution in [3.8, 4) is 0 Å². The van der Waals surface area contributed by atoms with Crippen molar-refractivity contribution in [2.45, 2.75) is 113 Å². The van der Waals surface area contributed by atoms with Gasteiger partial charge in [0.15, 0.2) is 0 Å². The summed E-state index contributed by atoms with van der Waals surface area (Å²) in [6.45, 7) is 7.05. The molecule has 0 amide bonds. The average Bonchev–Trinajstić information content (AvgIpc) is 2.93. The second kappa shape index (κ2) is 15.2. The number of hydrogen-bond donors (Lipinski definition) is 12. The normalized spacial score (nSPS) is 46.6. The molecule has 0 spiro atoms. The molecule has 3 heterocycles. The summed E-state index contributed by atoms with van der Waals surface area (Å²) in [6.07, 6.45) is -16.4. The molecule has 3 aliphatic heterocycles. The number of ether oxygens (including phenoxy) is 3. The fourth-order valence-corrected chi connectivity index (χ4v) is 5.09. The lowest BCUT2D eigenvalue weighted by molar-refractivity contribution is -0.225. The van der Waals surface area contributed by atoms with E-state index in [-0.39, 0.29) is 0 Å². The number of nitrogens with zero attached hydrogens (tertiary/aromatic N) is 1. The van der Waals surface area contributed by atoms with Crippen LogP contribution in [0.2, 0.25) is 0 Å². The van der Waals surface area contributed by atoms with Crippen LogP contribution in [0.15, 0.2) is 0 Å². The van der Waals surface area contributed by atoms with E-state index in [0.29, 0.717) is 39.3 Å². The maximum atomic E-state index is 10.3. The van der Waals surface area contributed by atoms with Crippen molar-refractivity contribution in [1.82, 2.24) is 20.9 Å². The average molecular weight is 585 g/mol. The number of hydrogen-bond acceptors (Lipinski definition) is 16. The highest BCUT2D eigenvalue weighted by Crippen LogP contribution is 2.21. The van der Waals surface area contributed by atoms with Crippen LogP contribution < -0.4 is 16.0 Å².